The highest BCUT2D eigenvalue weighted by atomic mass is 19.4. The number of hydrogen-bond donors (Lipinski definition) is 1. The molecular formula is C11H11F3N2O3. The molecule has 1 rings (SSSR count). The van der Waals surface area contributed by atoms with Crippen molar-refractivity contribution in [1.29, 1.82) is 0 Å². The molecule has 1 aromatic heterocycles. The van der Waals surface area contributed by atoms with Crippen molar-refractivity contribution in [3.63, 3.8) is 0 Å². The molecule has 0 aliphatic rings. The second-order valence-electron chi connectivity index (χ2n) is 3.46. The molecule has 0 aliphatic heterocycles. The number of alkyl halides is 3. The van der Waals surface area contributed by atoms with Gasteiger partial charge in [0.05, 0.1) is 12.8 Å². The van der Waals surface area contributed by atoms with E-state index < -0.39 is 23.5 Å². The maximum atomic E-state index is 12.6. The SMILES string of the molecule is CCNc1c(C=O)cc(C(F)(F)F)nc1C(=O)OC. The zero-order valence-corrected chi connectivity index (χ0v) is 10.2. The second kappa shape index (κ2) is 5.68. The molecule has 0 radical (unpaired) electrons. The van der Waals surface area contributed by atoms with E-state index in [2.05, 4.69) is 15.0 Å². The molecule has 5 nitrogen and oxygen atoms in total. The van der Waals surface area contributed by atoms with Gasteiger partial charge in [0, 0.05) is 12.1 Å². The van der Waals surface area contributed by atoms with Crippen LogP contribution in [0.4, 0.5) is 18.9 Å². The highest BCUT2D eigenvalue weighted by Crippen LogP contribution is 2.31. The fraction of sp³-hybridized carbons (Fsp3) is 0.364. The van der Waals surface area contributed by atoms with Gasteiger partial charge in [-0.2, -0.15) is 13.2 Å². The first-order valence-corrected chi connectivity index (χ1v) is 5.24. The Kier molecular flexibility index (Phi) is 4.47. The third-order valence-electron chi connectivity index (χ3n) is 2.20. The number of hydrogen-bond acceptors (Lipinski definition) is 5. The molecule has 1 aromatic rings. The zero-order chi connectivity index (χ0) is 14.6. The van der Waals surface area contributed by atoms with E-state index in [1.54, 1.807) is 6.92 Å². The van der Waals surface area contributed by atoms with Crippen LogP contribution in [-0.4, -0.2) is 30.9 Å². The van der Waals surface area contributed by atoms with Gasteiger partial charge in [-0.1, -0.05) is 0 Å². The maximum Gasteiger partial charge on any atom is 0.433 e. The second-order valence-corrected chi connectivity index (χ2v) is 3.46. The Labute approximate surface area is 106 Å². The van der Waals surface area contributed by atoms with Crippen molar-refractivity contribution in [2.75, 3.05) is 19.0 Å². The van der Waals surface area contributed by atoms with Crippen molar-refractivity contribution in [3.05, 3.63) is 23.0 Å². The molecule has 0 aliphatic carbocycles. The van der Waals surface area contributed by atoms with E-state index in [1.165, 1.54) is 0 Å². The summed E-state index contributed by atoms with van der Waals surface area (Å²) in [5.74, 6) is -1.05. The van der Waals surface area contributed by atoms with Gasteiger partial charge >= 0.3 is 12.1 Å². The summed E-state index contributed by atoms with van der Waals surface area (Å²) in [6.45, 7) is 1.96. The predicted octanol–water partition coefficient (Wildman–Crippen LogP) is 2.13. The third-order valence-corrected chi connectivity index (χ3v) is 2.20. The highest BCUT2D eigenvalue weighted by Gasteiger charge is 2.35. The van der Waals surface area contributed by atoms with Crippen molar-refractivity contribution in [1.82, 2.24) is 4.98 Å². The molecule has 0 atom stereocenters. The lowest BCUT2D eigenvalue weighted by Crippen LogP contribution is -2.18. The first kappa shape index (κ1) is 14.9. The number of pyridine rings is 1. The Morgan fingerprint density at radius 2 is 2.16 bits per heavy atom. The molecule has 1 N–H and O–H groups in total. The minimum absolute atomic E-state index is 0.0719. The number of carbonyl (C=O) groups is 2. The van der Waals surface area contributed by atoms with Crippen LogP contribution in [0.5, 0.6) is 0 Å². The van der Waals surface area contributed by atoms with Crippen molar-refractivity contribution >= 4 is 17.9 Å². The van der Waals surface area contributed by atoms with Crippen molar-refractivity contribution in [2.24, 2.45) is 0 Å². The van der Waals surface area contributed by atoms with E-state index in [4.69, 9.17) is 0 Å². The maximum absolute atomic E-state index is 12.6. The smallest absolute Gasteiger partial charge is 0.433 e. The van der Waals surface area contributed by atoms with Gasteiger partial charge in [0.2, 0.25) is 0 Å². The Bertz CT molecular complexity index is 501. The summed E-state index contributed by atoms with van der Waals surface area (Å²) in [6, 6.07) is 0.581. The number of ether oxygens (including phenoxy) is 1. The summed E-state index contributed by atoms with van der Waals surface area (Å²) in [7, 11) is 1.01. The summed E-state index contributed by atoms with van der Waals surface area (Å²) in [5.41, 5.74) is -2.26. The largest absolute Gasteiger partial charge is 0.464 e. The standard InChI is InChI=1S/C11H11F3N2O3/c1-3-15-8-6(5-17)4-7(11(12,13)14)16-9(8)10(18)19-2/h4-5,15H,3H2,1-2H3. The Balaban J connectivity index is 3.54. The molecule has 0 unspecified atom stereocenters. The number of anilines is 1. The normalized spacial score (nSPS) is 11.0. The number of carbonyl (C=O) groups excluding carboxylic acids is 2. The zero-order valence-electron chi connectivity index (χ0n) is 10.2. The first-order valence-electron chi connectivity index (χ1n) is 5.24. The van der Waals surface area contributed by atoms with Crippen LogP contribution in [0.15, 0.2) is 6.07 Å². The molecule has 8 heteroatoms. The molecule has 104 valence electrons. The number of aldehydes is 1. The van der Waals surface area contributed by atoms with Crippen LogP contribution in [0.3, 0.4) is 0 Å². The minimum atomic E-state index is -4.76. The Morgan fingerprint density at radius 3 is 2.58 bits per heavy atom. The lowest BCUT2D eigenvalue weighted by atomic mass is 10.1. The molecule has 0 amide bonds. The van der Waals surface area contributed by atoms with Crippen LogP contribution in [0, 0.1) is 0 Å². The van der Waals surface area contributed by atoms with Crippen molar-refractivity contribution in [3.8, 4) is 0 Å². The van der Waals surface area contributed by atoms with E-state index in [0.29, 0.717) is 12.6 Å². The molecule has 0 aromatic carbocycles. The lowest BCUT2D eigenvalue weighted by molar-refractivity contribution is -0.141. The molecule has 0 fully saturated rings. The number of nitrogens with zero attached hydrogens (tertiary/aromatic N) is 1. The van der Waals surface area contributed by atoms with Gasteiger partial charge in [-0.3, -0.25) is 4.79 Å². The summed E-state index contributed by atoms with van der Waals surface area (Å²) in [5, 5.41) is 2.63. The molecular weight excluding hydrogens is 265 g/mol. The third kappa shape index (κ3) is 3.21. The molecule has 0 bridgehead atoms. The van der Waals surface area contributed by atoms with E-state index in [0.717, 1.165) is 7.11 Å². The van der Waals surface area contributed by atoms with Gasteiger partial charge in [-0.25, -0.2) is 9.78 Å². The number of halogens is 3. The Hall–Kier alpha value is -2.12. The van der Waals surface area contributed by atoms with Gasteiger partial charge in [-0.15, -0.1) is 0 Å². The minimum Gasteiger partial charge on any atom is -0.464 e. The molecule has 0 saturated heterocycles. The van der Waals surface area contributed by atoms with E-state index >= 15 is 0 Å². The van der Waals surface area contributed by atoms with Crippen LogP contribution >= 0.6 is 0 Å². The quantitative estimate of drug-likeness (QED) is 0.674. The molecule has 1 heterocycles. The number of esters is 1. The summed E-state index contributed by atoms with van der Waals surface area (Å²) < 4.78 is 42.2. The topological polar surface area (TPSA) is 68.3 Å². The average molecular weight is 276 g/mol. The fourth-order valence-electron chi connectivity index (χ4n) is 1.41. The number of nitrogens with one attached hydrogen (secondary N) is 1. The van der Waals surface area contributed by atoms with Crippen LogP contribution in [-0.2, 0) is 10.9 Å². The Morgan fingerprint density at radius 1 is 1.53 bits per heavy atom. The average Bonchev–Trinajstić information content (AvgIpc) is 2.36. The van der Waals surface area contributed by atoms with Crippen LogP contribution in [0.2, 0.25) is 0 Å². The van der Waals surface area contributed by atoms with Gasteiger partial charge in [0.25, 0.3) is 0 Å². The molecule has 0 saturated carbocycles. The van der Waals surface area contributed by atoms with E-state index in [9.17, 15) is 22.8 Å². The summed E-state index contributed by atoms with van der Waals surface area (Å²) in [4.78, 5) is 25.5. The fourth-order valence-corrected chi connectivity index (χ4v) is 1.41. The van der Waals surface area contributed by atoms with E-state index in [-0.39, 0.29) is 17.5 Å². The van der Waals surface area contributed by atoms with Crippen LogP contribution in [0.1, 0.15) is 33.5 Å². The number of rotatable bonds is 4. The number of aromatic nitrogens is 1. The van der Waals surface area contributed by atoms with E-state index in [1.807, 2.05) is 0 Å². The highest BCUT2D eigenvalue weighted by molar-refractivity contribution is 5.99. The molecule has 0 spiro atoms. The van der Waals surface area contributed by atoms with Gasteiger partial charge in [0.1, 0.15) is 5.69 Å². The molecule has 19 heavy (non-hydrogen) atoms. The van der Waals surface area contributed by atoms with Crippen LogP contribution < -0.4 is 5.32 Å². The van der Waals surface area contributed by atoms with Gasteiger partial charge < -0.3 is 10.1 Å². The monoisotopic (exact) mass is 276 g/mol. The van der Waals surface area contributed by atoms with Gasteiger partial charge in [-0.05, 0) is 13.0 Å². The van der Waals surface area contributed by atoms with Crippen molar-refractivity contribution < 1.29 is 27.5 Å². The number of methoxy groups -OCH3 is 1. The predicted molar refractivity (Wildman–Crippen MR) is 60.1 cm³/mol. The summed E-state index contributed by atoms with van der Waals surface area (Å²) in [6.07, 6.45) is -4.54. The lowest BCUT2D eigenvalue weighted by Gasteiger charge is -2.14. The first-order chi connectivity index (χ1) is 8.85. The van der Waals surface area contributed by atoms with Crippen LogP contribution in [0.25, 0.3) is 0 Å². The van der Waals surface area contributed by atoms with Crippen molar-refractivity contribution in [2.45, 2.75) is 13.1 Å². The van der Waals surface area contributed by atoms with Gasteiger partial charge in [0.15, 0.2) is 12.0 Å². The summed E-state index contributed by atoms with van der Waals surface area (Å²) >= 11 is 0.